The first-order chi connectivity index (χ1) is 10.7. The van der Waals surface area contributed by atoms with Gasteiger partial charge in [-0.2, -0.15) is 0 Å². The van der Waals surface area contributed by atoms with Crippen molar-refractivity contribution in [2.24, 2.45) is 0 Å². The number of rotatable bonds is 3. The van der Waals surface area contributed by atoms with Crippen molar-refractivity contribution in [1.29, 1.82) is 0 Å². The average Bonchev–Trinajstić information content (AvgIpc) is 2.55. The van der Waals surface area contributed by atoms with E-state index in [1.54, 1.807) is 7.11 Å². The number of hydrogen-bond donors (Lipinski definition) is 0. The number of benzene rings is 2. The van der Waals surface area contributed by atoms with Crippen molar-refractivity contribution in [1.82, 2.24) is 0 Å². The van der Waals surface area contributed by atoms with E-state index in [1.807, 2.05) is 59.1 Å². The summed E-state index contributed by atoms with van der Waals surface area (Å²) < 4.78 is 5.16. The van der Waals surface area contributed by atoms with E-state index in [1.165, 1.54) is 4.90 Å². The Morgan fingerprint density at radius 1 is 1.23 bits per heavy atom. The number of fused-ring (bicyclic) bond motifs is 1. The summed E-state index contributed by atoms with van der Waals surface area (Å²) in [4.78, 5) is 15.9. The second kappa shape index (κ2) is 6.44. The molecule has 114 valence electrons. The molecule has 4 heteroatoms. The summed E-state index contributed by atoms with van der Waals surface area (Å²) in [5.41, 5.74) is 2.04. The van der Waals surface area contributed by atoms with Crippen LogP contribution in [0.15, 0.2) is 53.4 Å². The Bertz CT molecular complexity index is 669. The molecule has 22 heavy (non-hydrogen) atoms. The van der Waals surface area contributed by atoms with Crippen LogP contribution in [0.3, 0.4) is 0 Å². The van der Waals surface area contributed by atoms with Crippen molar-refractivity contribution < 1.29 is 9.53 Å². The number of hydrogen-bond acceptors (Lipinski definition) is 3. The van der Waals surface area contributed by atoms with E-state index >= 15 is 0 Å². The van der Waals surface area contributed by atoms with Crippen LogP contribution in [0.25, 0.3) is 0 Å². The van der Waals surface area contributed by atoms with Crippen molar-refractivity contribution in [3.05, 3.63) is 54.1 Å². The molecule has 2 aromatic carbocycles. The maximum absolute atomic E-state index is 12.8. The van der Waals surface area contributed by atoms with Gasteiger partial charge in [0.15, 0.2) is 0 Å². The fourth-order valence-corrected chi connectivity index (χ4v) is 3.74. The zero-order chi connectivity index (χ0) is 15.5. The molecule has 0 fully saturated rings. The zero-order valence-electron chi connectivity index (χ0n) is 12.8. The van der Waals surface area contributed by atoms with Crippen LogP contribution in [0.1, 0.15) is 12.5 Å². The Hall–Kier alpha value is -1.94. The van der Waals surface area contributed by atoms with E-state index < -0.39 is 0 Å². The number of methoxy groups -OCH3 is 1. The van der Waals surface area contributed by atoms with Gasteiger partial charge in [0.1, 0.15) is 5.75 Å². The predicted molar refractivity (Wildman–Crippen MR) is 90.8 cm³/mol. The van der Waals surface area contributed by atoms with Crippen molar-refractivity contribution in [2.75, 3.05) is 17.8 Å². The highest BCUT2D eigenvalue weighted by Crippen LogP contribution is 2.37. The van der Waals surface area contributed by atoms with Crippen LogP contribution in [0, 0.1) is 0 Å². The third kappa shape index (κ3) is 2.97. The summed E-state index contributed by atoms with van der Waals surface area (Å²) in [6.07, 6.45) is 0.410. The maximum Gasteiger partial charge on any atom is 0.231 e. The molecular weight excluding hydrogens is 294 g/mol. The number of carbonyl (C=O) groups is 1. The van der Waals surface area contributed by atoms with Crippen LogP contribution < -0.4 is 9.64 Å². The lowest BCUT2D eigenvalue weighted by atomic mass is 10.1. The van der Waals surface area contributed by atoms with Gasteiger partial charge < -0.3 is 9.64 Å². The molecule has 0 bridgehead atoms. The van der Waals surface area contributed by atoms with Gasteiger partial charge in [0.05, 0.1) is 19.2 Å². The van der Waals surface area contributed by atoms with E-state index in [2.05, 4.69) is 13.0 Å². The number of carbonyl (C=O) groups excluding carboxylic acids is 1. The maximum atomic E-state index is 12.8. The molecule has 0 aliphatic carbocycles. The van der Waals surface area contributed by atoms with Crippen LogP contribution in [0.4, 0.5) is 5.69 Å². The highest BCUT2D eigenvalue weighted by Gasteiger charge is 2.28. The van der Waals surface area contributed by atoms with Crippen LogP contribution in [-0.2, 0) is 11.2 Å². The topological polar surface area (TPSA) is 29.5 Å². The molecule has 3 nitrogen and oxygen atoms in total. The van der Waals surface area contributed by atoms with Gasteiger partial charge in [0.25, 0.3) is 0 Å². The highest BCUT2D eigenvalue weighted by molar-refractivity contribution is 7.99. The molecule has 0 saturated heterocycles. The molecule has 1 heterocycles. The monoisotopic (exact) mass is 313 g/mol. The second-order valence-electron chi connectivity index (χ2n) is 5.42. The van der Waals surface area contributed by atoms with Gasteiger partial charge in [0.2, 0.25) is 5.91 Å². The molecule has 0 spiro atoms. The van der Waals surface area contributed by atoms with Gasteiger partial charge in [-0.3, -0.25) is 4.79 Å². The molecule has 0 N–H and O–H groups in total. The number of nitrogens with zero attached hydrogens (tertiary/aromatic N) is 1. The molecular formula is C18H19NO2S. The molecule has 0 saturated carbocycles. The van der Waals surface area contributed by atoms with Crippen LogP contribution in [-0.4, -0.2) is 24.8 Å². The first kappa shape index (κ1) is 15.0. The van der Waals surface area contributed by atoms with E-state index in [9.17, 15) is 4.79 Å². The summed E-state index contributed by atoms with van der Waals surface area (Å²) in [6.45, 7) is 2.11. The zero-order valence-corrected chi connectivity index (χ0v) is 13.6. The predicted octanol–water partition coefficient (Wildman–Crippen LogP) is 3.77. The molecule has 1 aliphatic heterocycles. The summed E-state index contributed by atoms with van der Waals surface area (Å²) in [6, 6.07) is 16.0. The van der Waals surface area contributed by atoms with Crippen LogP contribution >= 0.6 is 11.8 Å². The van der Waals surface area contributed by atoms with E-state index in [4.69, 9.17) is 4.74 Å². The molecule has 0 radical (unpaired) electrons. The lowest BCUT2D eigenvalue weighted by Gasteiger charge is -2.35. The second-order valence-corrected chi connectivity index (χ2v) is 6.48. The molecule has 0 aromatic heterocycles. The molecule has 3 rings (SSSR count). The van der Waals surface area contributed by atoms with Gasteiger partial charge in [-0.25, -0.2) is 0 Å². The van der Waals surface area contributed by atoms with Crippen molar-refractivity contribution in [3.63, 3.8) is 0 Å². The van der Waals surface area contributed by atoms with Gasteiger partial charge in [0, 0.05) is 16.7 Å². The quantitative estimate of drug-likeness (QED) is 0.864. The number of thioether (sulfide) groups is 1. The SMILES string of the molecule is COc1ccc(CC(=O)N2c3ccccc3SCC2C)cc1. The van der Waals surface area contributed by atoms with Crippen molar-refractivity contribution in [2.45, 2.75) is 24.3 Å². The normalized spacial score (nSPS) is 17.0. The minimum absolute atomic E-state index is 0.144. The summed E-state index contributed by atoms with van der Waals surface area (Å²) in [7, 11) is 1.64. The third-order valence-electron chi connectivity index (χ3n) is 3.83. The Kier molecular flexibility index (Phi) is 4.39. The number of amides is 1. The van der Waals surface area contributed by atoms with Crippen molar-refractivity contribution in [3.8, 4) is 5.75 Å². The molecule has 1 aliphatic rings. The fraction of sp³-hybridized carbons (Fsp3) is 0.278. The van der Waals surface area contributed by atoms with Gasteiger partial charge in [-0.05, 0) is 36.8 Å². The summed E-state index contributed by atoms with van der Waals surface area (Å²) >= 11 is 1.82. The minimum Gasteiger partial charge on any atom is -0.497 e. The van der Waals surface area contributed by atoms with Gasteiger partial charge in [-0.1, -0.05) is 24.3 Å². The number of anilines is 1. The van der Waals surface area contributed by atoms with Crippen LogP contribution in [0.5, 0.6) is 5.75 Å². The summed E-state index contributed by atoms with van der Waals surface area (Å²) in [5.74, 6) is 1.89. The van der Waals surface area contributed by atoms with Crippen molar-refractivity contribution >= 4 is 23.4 Å². The molecule has 2 aromatic rings. The van der Waals surface area contributed by atoms with Gasteiger partial charge in [-0.15, -0.1) is 11.8 Å². The lowest BCUT2D eigenvalue weighted by Crippen LogP contribution is -2.43. The minimum atomic E-state index is 0.144. The standard InChI is InChI=1S/C18H19NO2S/c1-13-12-22-17-6-4-3-5-16(17)19(13)18(20)11-14-7-9-15(21-2)10-8-14/h3-10,13H,11-12H2,1-2H3. The Morgan fingerprint density at radius 3 is 2.68 bits per heavy atom. The lowest BCUT2D eigenvalue weighted by molar-refractivity contribution is -0.118. The number of para-hydroxylation sites is 1. The Balaban J connectivity index is 1.81. The fourth-order valence-electron chi connectivity index (χ4n) is 2.68. The molecule has 1 amide bonds. The largest absolute Gasteiger partial charge is 0.497 e. The smallest absolute Gasteiger partial charge is 0.231 e. The molecule has 1 unspecified atom stereocenters. The highest BCUT2D eigenvalue weighted by atomic mass is 32.2. The average molecular weight is 313 g/mol. The first-order valence-electron chi connectivity index (χ1n) is 7.36. The molecule has 1 atom stereocenters. The van der Waals surface area contributed by atoms with E-state index in [-0.39, 0.29) is 11.9 Å². The summed E-state index contributed by atoms with van der Waals surface area (Å²) in [5, 5.41) is 0. The van der Waals surface area contributed by atoms with Crippen LogP contribution in [0.2, 0.25) is 0 Å². The van der Waals surface area contributed by atoms with E-state index in [0.29, 0.717) is 6.42 Å². The van der Waals surface area contributed by atoms with Gasteiger partial charge >= 0.3 is 0 Å². The Labute approximate surface area is 135 Å². The first-order valence-corrected chi connectivity index (χ1v) is 8.34. The number of ether oxygens (including phenoxy) is 1. The Morgan fingerprint density at radius 2 is 1.95 bits per heavy atom. The third-order valence-corrected chi connectivity index (χ3v) is 5.13. The van der Waals surface area contributed by atoms with E-state index in [0.717, 1.165) is 22.8 Å².